The fourth-order valence-corrected chi connectivity index (χ4v) is 3.93. The summed E-state index contributed by atoms with van der Waals surface area (Å²) in [5.74, 6) is 0. The molecule has 0 fully saturated rings. The number of benzene rings is 1. The van der Waals surface area contributed by atoms with E-state index in [2.05, 4.69) is 35.8 Å². The highest BCUT2D eigenvalue weighted by Crippen LogP contribution is 2.35. The summed E-state index contributed by atoms with van der Waals surface area (Å²) >= 11 is 0. The minimum Gasteiger partial charge on any atom is -0.388 e. The summed E-state index contributed by atoms with van der Waals surface area (Å²) in [5.41, 5.74) is 8.02. The van der Waals surface area contributed by atoms with Gasteiger partial charge in [-0.05, 0) is 74.8 Å². The maximum absolute atomic E-state index is 10.2. The summed E-state index contributed by atoms with van der Waals surface area (Å²) < 4.78 is 2.36. The summed E-state index contributed by atoms with van der Waals surface area (Å²) in [6.07, 6.45) is 6.54. The van der Waals surface area contributed by atoms with E-state index >= 15 is 0 Å². The van der Waals surface area contributed by atoms with Gasteiger partial charge in [-0.3, -0.25) is 0 Å². The lowest BCUT2D eigenvalue weighted by molar-refractivity contribution is 0.156. The maximum atomic E-state index is 10.2. The van der Waals surface area contributed by atoms with Gasteiger partial charge >= 0.3 is 0 Å². The molecule has 0 saturated heterocycles. The topological polar surface area (TPSA) is 25.2 Å². The minimum atomic E-state index is -0.270. The van der Waals surface area contributed by atoms with Crippen molar-refractivity contribution in [2.75, 3.05) is 0 Å². The molecule has 0 bridgehead atoms. The SMILES string of the molecule is Cc1cc2c(n1-c1ccc3c(c1)CCC3)CCCC2O. The molecule has 0 amide bonds. The van der Waals surface area contributed by atoms with E-state index in [4.69, 9.17) is 0 Å². The Hall–Kier alpha value is -1.54. The standard InChI is InChI=1S/C18H21NO/c1-12-10-16-17(6-3-7-18(16)20)19(12)15-9-8-13-4-2-5-14(13)11-15/h8-11,18,20H,2-7H2,1H3. The number of aliphatic hydroxyl groups excluding tert-OH is 1. The van der Waals surface area contributed by atoms with Crippen molar-refractivity contribution >= 4 is 0 Å². The Bertz CT molecular complexity index is 668. The summed E-state index contributed by atoms with van der Waals surface area (Å²) in [6, 6.07) is 9.07. The highest BCUT2D eigenvalue weighted by Gasteiger charge is 2.24. The molecule has 2 heteroatoms. The van der Waals surface area contributed by atoms with E-state index in [0.29, 0.717) is 0 Å². The molecule has 0 saturated carbocycles. The summed E-state index contributed by atoms with van der Waals surface area (Å²) in [5, 5.41) is 10.2. The van der Waals surface area contributed by atoms with Gasteiger partial charge in [0.1, 0.15) is 0 Å². The first-order chi connectivity index (χ1) is 9.74. The van der Waals surface area contributed by atoms with Gasteiger partial charge in [-0.2, -0.15) is 0 Å². The van der Waals surface area contributed by atoms with Crippen molar-refractivity contribution in [3.8, 4) is 5.69 Å². The van der Waals surface area contributed by atoms with Crippen LogP contribution in [-0.2, 0) is 19.3 Å². The Kier molecular flexibility index (Phi) is 2.74. The second-order valence-electron chi connectivity index (χ2n) is 6.24. The average molecular weight is 267 g/mol. The van der Waals surface area contributed by atoms with Crippen molar-refractivity contribution in [2.45, 2.75) is 51.6 Å². The lowest BCUT2D eigenvalue weighted by atomic mass is 9.95. The molecule has 104 valence electrons. The van der Waals surface area contributed by atoms with Gasteiger partial charge in [-0.25, -0.2) is 0 Å². The molecule has 0 aliphatic heterocycles. The molecule has 1 aromatic heterocycles. The molecule has 4 rings (SSSR count). The van der Waals surface area contributed by atoms with Crippen LogP contribution in [0.15, 0.2) is 24.3 Å². The number of hydrogen-bond acceptors (Lipinski definition) is 1. The third-order valence-electron chi connectivity index (χ3n) is 4.91. The van der Waals surface area contributed by atoms with Crippen LogP contribution in [0.3, 0.4) is 0 Å². The molecule has 20 heavy (non-hydrogen) atoms. The van der Waals surface area contributed by atoms with Crippen molar-refractivity contribution in [1.82, 2.24) is 4.57 Å². The van der Waals surface area contributed by atoms with Crippen LogP contribution in [0.4, 0.5) is 0 Å². The van der Waals surface area contributed by atoms with Gasteiger partial charge in [0.2, 0.25) is 0 Å². The van der Waals surface area contributed by atoms with Crippen LogP contribution in [0.5, 0.6) is 0 Å². The zero-order chi connectivity index (χ0) is 13.7. The van der Waals surface area contributed by atoms with Crippen LogP contribution in [0.25, 0.3) is 5.69 Å². The summed E-state index contributed by atoms with van der Waals surface area (Å²) in [4.78, 5) is 0. The van der Waals surface area contributed by atoms with E-state index in [1.165, 1.54) is 47.5 Å². The molecular weight excluding hydrogens is 246 g/mol. The second kappa shape index (κ2) is 4.49. The predicted molar refractivity (Wildman–Crippen MR) is 80.4 cm³/mol. The minimum absolute atomic E-state index is 0.270. The van der Waals surface area contributed by atoms with E-state index in [1.54, 1.807) is 0 Å². The fraction of sp³-hybridized carbons (Fsp3) is 0.444. The van der Waals surface area contributed by atoms with Gasteiger partial charge in [-0.1, -0.05) is 6.07 Å². The zero-order valence-electron chi connectivity index (χ0n) is 12.0. The van der Waals surface area contributed by atoms with Crippen LogP contribution in [-0.4, -0.2) is 9.67 Å². The Morgan fingerprint density at radius 3 is 2.80 bits per heavy atom. The lowest BCUT2D eigenvalue weighted by Crippen LogP contribution is -2.11. The Labute approximate surface area is 120 Å². The van der Waals surface area contributed by atoms with Crippen molar-refractivity contribution in [3.63, 3.8) is 0 Å². The highest BCUT2D eigenvalue weighted by atomic mass is 16.3. The average Bonchev–Trinajstić information content (AvgIpc) is 3.02. The van der Waals surface area contributed by atoms with Crippen LogP contribution in [0.1, 0.15) is 53.4 Å². The first-order valence-corrected chi connectivity index (χ1v) is 7.75. The Morgan fingerprint density at radius 1 is 1.05 bits per heavy atom. The molecule has 1 atom stereocenters. The van der Waals surface area contributed by atoms with Crippen molar-refractivity contribution in [2.24, 2.45) is 0 Å². The first-order valence-electron chi connectivity index (χ1n) is 7.75. The van der Waals surface area contributed by atoms with Gasteiger partial charge in [0.25, 0.3) is 0 Å². The van der Waals surface area contributed by atoms with Crippen LogP contribution >= 0.6 is 0 Å². The van der Waals surface area contributed by atoms with Crippen molar-refractivity contribution in [3.05, 3.63) is 52.3 Å². The van der Waals surface area contributed by atoms with Crippen LogP contribution < -0.4 is 0 Å². The largest absolute Gasteiger partial charge is 0.388 e. The van der Waals surface area contributed by atoms with Crippen LogP contribution in [0.2, 0.25) is 0 Å². The Morgan fingerprint density at radius 2 is 1.90 bits per heavy atom. The van der Waals surface area contributed by atoms with E-state index in [0.717, 1.165) is 24.8 Å². The number of fused-ring (bicyclic) bond motifs is 2. The number of rotatable bonds is 1. The predicted octanol–water partition coefficient (Wildman–Crippen LogP) is 3.64. The highest BCUT2D eigenvalue weighted by molar-refractivity contribution is 5.48. The number of aromatic nitrogens is 1. The summed E-state index contributed by atoms with van der Waals surface area (Å²) in [6.45, 7) is 2.15. The molecule has 2 aliphatic rings. The molecule has 1 unspecified atom stereocenters. The molecular formula is C18H21NO. The fourth-order valence-electron chi connectivity index (χ4n) is 3.93. The number of aryl methyl sites for hydroxylation is 3. The smallest absolute Gasteiger partial charge is 0.0807 e. The monoisotopic (exact) mass is 267 g/mol. The molecule has 2 aliphatic carbocycles. The molecule has 0 spiro atoms. The second-order valence-corrected chi connectivity index (χ2v) is 6.24. The third kappa shape index (κ3) is 1.75. The molecule has 1 N–H and O–H groups in total. The molecule has 2 nitrogen and oxygen atoms in total. The van der Waals surface area contributed by atoms with Crippen LogP contribution in [0, 0.1) is 6.92 Å². The first kappa shape index (κ1) is 12.2. The van der Waals surface area contributed by atoms with Gasteiger partial charge in [0.15, 0.2) is 0 Å². The quantitative estimate of drug-likeness (QED) is 0.838. The molecule has 0 radical (unpaired) electrons. The van der Waals surface area contributed by atoms with Gasteiger partial charge in [-0.15, -0.1) is 0 Å². The van der Waals surface area contributed by atoms with E-state index in [9.17, 15) is 5.11 Å². The van der Waals surface area contributed by atoms with Crippen molar-refractivity contribution < 1.29 is 5.11 Å². The normalized spacial score (nSPS) is 20.8. The molecule has 2 aromatic rings. The molecule has 1 aromatic carbocycles. The van der Waals surface area contributed by atoms with Gasteiger partial charge in [0, 0.05) is 22.6 Å². The summed E-state index contributed by atoms with van der Waals surface area (Å²) in [7, 11) is 0. The van der Waals surface area contributed by atoms with E-state index in [-0.39, 0.29) is 6.10 Å². The lowest BCUT2D eigenvalue weighted by Gasteiger charge is -2.21. The van der Waals surface area contributed by atoms with Crippen molar-refractivity contribution in [1.29, 1.82) is 0 Å². The maximum Gasteiger partial charge on any atom is 0.0807 e. The number of hydrogen-bond donors (Lipinski definition) is 1. The van der Waals surface area contributed by atoms with E-state index in [1.807, 2.05) is 0 Å². The zero-order valence-corrected chi connectivity index (χ0v) is 12.0. The van der Waals surface area contributed by atoms with Gasteiger partial charge in [0.05, 0.1) is 6.10 Å². The third-order valence-corrected chi connectivity index (χ3v) is 4.91. The number of aliphatic hydroxyl groups is 1. The van der Waals surface area contributed by atoms with E-state index < -0.39 is 0 Å². The Balaban J connectivity index is 1.86. The molecule has 1 heterocycles. The van der Waals surface area contributed by atoms with Gasteiger partial charge < -0.3 is 9.67 Å². The number of nitrogens with zero attached hydrogens (tertiary/aromatic N) is 1.